The molecule has 19 valence electrons. The molecule has 0 N–H and O–H groups in total. The van der Waals surface area contributed by atoms with Gasteiger partial charge in [-0.25, -0.2) is 0 Å². The van der Waals surface area contributed by atoms with Gasteiger partial charge in [-0.2, -0.15) is 0 Å². The summed E-state index contributed by atoms with van der Waals surface area (Å²) in [6.07, 6.45) is 0. The SMILES string of the molecule is [O]=[Hf].[O]=[Y]. The monoisotopic (exact) mass is 301 g/mol. The summed E-state index contributed by atoms with van der Waals surface area (Å²) in [7, 11) is 0. The van der Waals surface area contributed by atoms with Crippen LogP contribution in [-0.2, 0) is 60.3 Å². The van der Waals surface area contributed by atoms with E-state index in [9.17, 15) is 0 Å². The van der Waals surface area contributed by atoms with E-state index < -0.39 is 0 Å². The predicted molar refractivity (Wildman–Crippen MR) is 1.37 cm³/mol. The summed E-state index contributed by atoms with van der Waals surface area (Å²) in [4.78, 5) is 0. The minimum absolute atomic E-state index is 0.0556. The number of hydrogen-bond donors (Lipinski definition) is 0. The standard InChI is InChI=1S/Hf.2O.Y. The summed E-state index contributed by atoms with van der Waals surface area (Å²) in [5.41, 5.74) is 0. The van der Waals surface area contributed by atoms with Crippen LogP contribution in [0.5, 0.6) is 0 Å². The zero-order chi connectivity index (χ0) is 4.00. The molecule has 4 heavy (non-hydrogen) atoms. The van der Waals surface area contributed by atoms with E-state index in [0.29, 0.717) is 0 Å². The zero-order valence-corrected chi connectivity index (χ0v) is 8.32. The van der Waals surface area contributed by atoms with Crippen molar-refractivity contribution in [2.45, 2.75) is 0 Å². The summed E-state index contributed by atoms with van der Waals surface area (Å²) in [6, 6.07) is 0. The fourth-order valence-corrected chi connectivity index (χ4v) is 0. The second-order valence-electron chi connectivity index (χ2n) is 0. The molecular weight excluding hydrogens is 299 g/mol. The van der Waals surface area contributed by atoms with Crippen LogP contribution in [0.2, 0.25) is 0 Å². The molecule has 0 radical (unpaired) electrons. The molecule has 4 heteroatoms. The first-order valence-electron chi connectivity index (χ1n) is 0.440. The van der Waals surface area contributed by atoms with Crippen molar-refractivity contribution in [3.8, 4) is 0 Å². The van der Waals surface area contributed by atoms with E-state index in [0.717, 1.165) is 0 Å². The zero-order valence-electron chi connectivity index (χ0n) is 1.89. The molecule has 0 spiro atoms. The van der Waals surface area contributed by atoms with Crippen LogP contribution in [0.4, 0.5) is 0 Å². The van der Waals surface area contributed by atoms with Gasteiger partial charge < -0.3 is 0 Å². The van der Waals surface area contributed by atoms with Crippen LogP contribution in [-0.4, -0.2) is 0 Å². The first-order valence-corrected chi connectivity index (χ1v) is 3.07. The van der Waals surface area contributed by atoms with Crippen molar-refractivity contribution in [3.63, 3.8) is 0 Å². The Morgan fingerprint density at radius 3 is 1.25 bits per heavy atom. The van der Waals surface area contributed by atoms with E-state index >= 15 is 0 Å². The molecule has 0 unspecified atom stereocenters. The van der Waals surface area contributed by atoms with Crippen LogP contribution >= 0.6 is 0 Å². The molecule has 0 aromatic heterocycles. The summed E-state index contributed by atoms with van der Waals surface area (Å²) in [5.74, 6) is 0. The van der Waals surface area contributed by atoms with Gasteiger partial charge in [-0.3, -0.25) is 0 Å². The Morgan fingerprint density at radius 1 is 1.25 bits per heavy atom. The first kappa shape index (κ1) is 9.13. The van der Waals surface area contributed by atoms with E-state index in [2.05, 4.69) is 0 Å². The quantitative estimate of drug-likeness (QED) is 0.579. The Morgan fingerprint density at radius 2 is 1.25 bits per heavy atom. The van der Waals surface area contributed by atoms with Crippen LogP contribution in [0.15, 0.2) is 0 Å². The van der Waals surface area contributed by atoms with Gasteiger partial charge in [-0.1, -0.05) is 0 Å². The van der Waals surface area contributed by atoms with Gasteiger partial charge in [0, 0.05) is 0 Å². The van der Waals surface area contributed by atoms with E-state index in [1.807, 2.05) is 0 Å². The predicted octanol–water partition coefficient (Wildman–Crippen LogP) is -0.243. The van der Waals surface area contributed by atoms with Gasteiger partial charge in [0.05, 0.1) is 0 Å². The average Bonchev–Trinajstić information content (AvgIpc) is 1.50. The van der Waals surface area contributed by atoms with Crippen molar-refractivity contribution in [1.82, 2.24) is 0 Å². The first-order chi connectivity index (χ1) is 2.00. The molecule has 0 saturated carbocycles. The van der Waals surface area contributed by atoms with E-state index in [1.165, 1.54) is 0 Å². The molecule has 0 amide bonds. The second-order valence-corrected chi connectivity index (χ2v) is 0. The van der Waals surface area contributed by atoms with Crippen LogP contribution in [0.1, 0.15) is 0 Å². The summed E-state index contributed by atoms with van der Waals surface area (Å²) in [5, 5.41) is 0. The van der Waals surface area contributed by atoms with Crippen molar-refractivity contribution in [3.05, 3.63) is 0 Å². The maximum atomic E-state index is 8.39. The molecular formula is HfO2Y. The van der Waals surface area contributed by atoms with Crippen LogP contribution in [0.25, 0.3) is 0 Å². The van der Waals surface area contributed by atoms with Crippen LogP contribution < -0.4 is 0 Å². The third-order valence-corrected chi connectivity index (χ3v) is 0. The third-order valence-electron chi connectivity index (χ3n) is 0. The molecule has 0 aliphatic heterocycles. The molecule has 0 aliphatic rings. The third kappa shape index (κ3) is 9.56. The Kier molecular flexibility index (Phi) is 53.8. The molecule has 0 heterocycles. The van der Waals surface area contributed by atoms with Crippen molar-refractivity contribution in [2.75, 3.05) is 0 Å². The Labute approximate surface area is 59.4 Å². The van der Waals surface area contributed by atoms with Gasteiger partial charge in [0.1, 0.15) is 0 Å². The van der Waals surface area contributed by atoms with Gasteiger partial charge in [0.2, 0.25) is 0 Å². The van der Waals surface area contributed by atoms with Gasteiger partial charge in [-0.15, -0.1) is 0 Å². The van der Waals surface area contributed by atoms with Gasteiger partial charge >= 0.3 is 60.3 Å². The topological polar surface area (TPSA) is 34.1 Å². The molecule has 0 fully saturated rings. The molecule has 0 bridgehead atoms. The van der Waals surface area contributed by atoms with E-state index in [4.69, 9.17) is 4.90 Å². The van der Waals surface area contributed by atoms with Crippen LogP contribution in [0.3, 0.4) is 0 Å². The van der Waals surface area contributed by atoms with Crippen molar-refractivity contribution in [2.24, 2.45) is 0 Å². The molecule has 0 aromatic rings. The van der Waals surface area contributed by atoms with E-state index in [1.54, 1.807) is 0 Å². The molecule has 0 aromatic carbocycles. The number of rotatable bonds is 0. The maximum absolute atomic E-state index is 8.39. The van der Waals surface area contributed by atoms with Gasteiger partial charge in [0.15, 0.2) is 0 Å². The average molecular weight is 299 g/mol. The summed E-state index contributed by atoms with van der Waals surface area (Å²) < 4.78 is 16.8. The molecule has 2 nitrogen and oxygen atoms in total. The molecule has 0 atom stereocenters. The second kappa shape index (κ2) is 23.6. The normalized spacial score (nSPS) is 2.25. The van der Waals surface area contributed by atoms with Gasteiger partial charge in [-0.05, 0) is 0 Å². The van der Waals surface area contributed by atoms with Crippen molar-refractivity contribution < 1.29 is 60.3 Å². The minimum atomic E-state index is 0.0556. The van der Waals surface area contributed by atoms with Crippen molar-refractivity contribution in [1.29, 1.82) is 0 Å². The number of hydrogen-bond acceptors (Lipinski definition) is 2. The Bertz CT molecular complexity index is 8.00. The summed E-state index contributed by atoms with van der Waals surface area (Å²) >= 11 is 0.156. The Hall–Kier alpha value is 1.57. The fourth-order valence-electron chi connectivity index (χ4n) is 0. The fraction of sp³-hybridized carbons (Fsp3) is 0. The van der Waals surface area contributed by atoms with Crippen molar-refractivity contribution >= 4 is 0 Å². The molecule has 0 saturated heterocycles. The van der Waals surface area contributed by atoms with E-state index in [-0.39, 0.29) is 55.4 Å². The summed E-state index contributed by atoms with van der Waals surface area (Å²) in [6.45, 7) is 0. The molecule has 0 aliphatic carbocycles. The van der Waals surface area contributed by atoms with Crippen LogP contribution in [0, 0.1) is 0 Å². The molecule has 0 rings (SSSR count). The van der Waals surface area contributed by atoms with Gasteiger partial charge in [0.25, 0.3) is 0 Å². The Balaban J connectivity index is 0.